The Morgan fingerprint density at radius 3 is 2.52 bits per heavy atom. The van der Waals surface area contributed by atoms with Gasteiger partial charge < -0.3 is 9.64 Å². The molecule has 1 aliphatic rings. The molecule has 0 unspecified atom stereocenters. The second-order valence-electron chi connectivity index (χ2n) is 7.78. The number of rotatable bonds is 6. The molecule has 8 nitrogen and oxygen atoms in total. The predicted molar refractivity (Wildman–Crippen MR) is 120 cm³/mol. The highest BCUT2D eigenvalue weighted by Gasteiger charge is 2.21. The zero-order chi connectivity index (χ0) is 21.2. The van der Waals surface area contributed by atoms with Gasteiger partial charge in [0.15, 0.2) is 11.5 Å². The number of methoxy groups -OCH3 is 1. The quantitative estimate of drug-likeness (QED) is 0.481. The van der Waals surface area contributed by atoms with E-state index >= 15 is 0 Å². The van der Waals surface area contributed by atoms with Crippen LogP contribution in [-0.2, 0) is 13.1 Å². The van der Waals surface area contributed by atoms with Crippen LogP contribution in [0, 0.1) is 0 Å². The molecule has 1 fully saturated rings. The first-order valence-corrected chi connectivity index (χ1v) is 10.7. The lowest BCUT2D eigenvalue weighted by atomic mass is 10.1. The third kappa shape index (κ3) is 3.86. The molecule has 1 aliphatic heterocycles. The third-order valence-corrected chi connectivity index (χ3v) is 5.88. The Labute approximate surface area is 181 Å². The highest BCUT2D eigenvalue weighted by molar-refractivity contribution is 5.71. The summed E-state index contributed by atoms with van der Waals surface area (Å²) in [6, 6.07) is 8.06. The van der Waals surface area contributed by atoms with Gasteiger partial charge in [0.25, 0.3) is 0 Å². The van der Waals surface area contributed by atoms with Crippen molar-refractivity contribution in [1.82, 2.24) is 29.0 Å². The van der Waals surface area contributed by atoms with E-state index < -0.39 is 0 Å². The molecule has 0 spiro atoms. The highest BCUT2D eigenvalue weighted by Crippen LogP contribution is 2.27. The van der Waals surface area contributed by atoms with E-state index in [1.54, 1.807) is 7.11 Å². The van der Waals surface area contributed by atoms with E-state index in [2.05, 4.69) is 49.5 Å². The molecule has 0 amide bonds. The van der Waals surface area contributed by atoms with Gasteiger partial charge in [-0.25, -0.2) is 9.97 Å². The number of aryl methyl sites for hydroxylation is 1. The second kappa shape index (κ2) is 8.39. The summed E-state index contributed by atoms with van der Waals surface area (Å²) in [6.45, 7) is 7.80. The Morgan fingerprint density at radius 1 is 1.00 bits per heavy atom. The first kappa shape index (κ1) is 19.6. The standard InChI is InChI=1S/C23H27N7O/c1-3-29-17-18(14-26-29)16-27-10-12-28(13-11-27)22-23-25-15-21(30(23)9-8-24-22)19-4-6-20(31-2)7-5-19/h4-9,14-15,17H,3,10-13,16H2,1-2H3. The predicted octanol–water partition coefficient (Wildman–Crippen LogP) is 2.94. The summed E-state index contributed by atoms with van der Waals surface area (Å²) in [5, 5.41) is 4.39. The molecule has 0 aliphatic carbocycles. The van der Waals surface area contributed by atoms with Crippen molar-refractivity contribution in [2.75, 3.05) is 38.2 Å². The molecule has 0 bridgehead atoms. The summed E-state index contributed by atoms with van der Waals surface area (Å²) in [4.78, 5) is 14.2. The Morgan fingerprint density at radius 2 is 1.81 bits per heavy atom. The van der Waals surface area contributed by atoms with E-state index in [4.69, 9.17) is 9.72 Å². The molecular formula is C23H27N7O. The van der Waals surface area contributed by atoms with Crippen LogP contribution >= 0.6 is 0 Å². The molecule has 31 heavy (non-hydrogen) atoms. The molecule has 8 heteroatoms. The molecule has 0 N–H and O–H groups in total. The SMILES string of the molecule is CCn1cc(CN2CCN(c3nccn4c(-c5ccc(OC)cc5)cnc34)CC2)cn1. The molecule has 4 aromatic rings. The van der Waals surface area contributed by atoms with Gasteiger partial charge in [0, 0.05) is 69.0 Å². The van der Waals surface area contributed by atoms with E-state index in [0.717, 1.165) is 67.7 Å². The van der Waals surface area contributed by atoms with E-state index in [1.165, 1.54) is 5.56 Å². The van der Waals surface area contributed by atoms with Crippen molar-refractivity contribution in [3.8, 4) is 17.0 Å². The van der Waals surface area contributed by atoms with E-state index in [1.807, 2.05) is 41.6 Å². The normalized spacial score (nSPS) is 15.0. The van der Waals surface area contributed by atoms with E-state index in [9.17, 15) is 0 Å². The maximum Gasteiger partial charge on any atom is 0.180 e. The van der Waals surface area contributed by atoms with Crippen LogP contribution in [0.3, 0.4) is 0 Å². The van der Waals surface area contributed by atoms with Crippen molar-refractivity contribution in [3.63, 3.8) is 0 Å². The summed E-state index contributed by atoms with van der Waals surface area (Å²) in [6.07, 6.45) is 9.88. The number of nitrogens with zero attached hydrogens (tertiary/aromatic N) is 7. The molecule has 3 aromatic heterocycles. The molecular weight excluding hydrogens is 390 g/mol. The average Bonchev–Trinajstić information content (AvgIpc) is 3.46. The minimum atomic E-state index is 0.847. The second-order valence-corrected chi connectivity index (χ2v) is 7.78. The zero-order valence-electron chi connectivity index (χ0n) is 18.0. The van der Waals surface area contributed by atoms with Crippen molar-refractivity contribution in [2.24, 2.45) is 0 Å². The largest absolute Gasteiger partial charge is 0.497 e. The van der Waals surface area contributed by atoms with Crippen LogP contribution in [0.2, 0.25) is 0 Å². The Bertz CT molecular complexity index is 1160. The number of benzene rings is 1. The van der Waals surface area contributed by atoms with Crippen molar-refractivity contribution >= 4 is 11.5 Å². The summed E-state index contributed by atoms with van der Waals surface area (Å²) in [5.74, 6) is 1.79. The Balaban J connectivity index is 1.32. The third-order valence-electron chi connectivity index (χ3n) is 5.88. The summed E-state index contributed by atoms with van der Waals surface area (Å²) in [5.41, 5.74) is 4.31. The van der Waals surface area contributed by atoms with Crippen LogP contribution < -0.4 is 9.64 Å². The van der Waals surface area contributed by atoms with Crippen LogP contribution in [0.1, 0.15) is 12.5 Å². The maximum absolute atomic E-state index is 5.28. The van der Waals surface area contributed by atoms with Crippen molar-refractivity contribution < 1.29 is 4.74 Å². The Kier molecular flexibility index (Phi) is 5.30. The van der Waals surface area contributed by atoms with Crippen LogP contribution in [-0.4, -0.2) is 62.3 Å². The lowest BCUT2D eigenvalue weighted by Gasteiger charge is -2.35. The number of ether oxygens (including phenoxy) is 1. The molecule has 0 saturated carbocycles. The monoisotopic (exact) mass is 417 g/mol. The van der Waals surface area contributed by atoms with Gasteiger partial charge in [-0.1, -0.05) is 0 Å². The first-order chi connectivity index (χ1) is 15.2. The average molecular weight is 418 g/mol. The van der Waals surface area contributed by atoms with Gasteiger partial charge in [-0.2, -0.15) is 5.10 Å². The molecule has 0 radical (unpaired) electrons. The fourth-order valence-corrected chi connectivity index (χ4v) is 4.14. The maximum atomic E-state index is 5.28. The van der Waals surface area contributed by atoms with Crippen molar-refractivity contribution in [3.05, 3.63) is 60.8 Å². The number of aromatic nitrogens is 5. The first-order valence-electron chi connectivity index (χ1n) is 10.7. The topological polar surface area (TPSA) is 63.7 Å². The number of fused-ring (bicyclic) bond motifs is 1. The van der Waals surface area contributed by atoms with Gasteiger partial charge in [-0.3, -0.25) is 14.0 Å². The smallest absolute Gasteiger partial charge is 0.180 e. The van der Waals surface area contributed by atoms with Crippen LogP contribution in [0.25, 0.3) is 16.9 Å². The lowest BCUT2D eigenvalue weighted by Crippen LogP contribution is -2.46. The summed E-state index contributed by atoms with van der Waals surface area (Å²) < 4.78 is 9.38. The van der Waals surface area contributed by atoms with E-state index in [-0.39, 0.29) is 0 Å². The minimum absolute atomic E-state index is 0.847. The van der Waals surface area contributed by atoms with Crippen molar-refractivity contribution in [2.45, 2.75) is 20.0 Å². The zero-order valence-corrected chi connectivity index (χ0v) is 18.0. The van der Waals surface area contributed by atoms with Crippen molar-refractivity contribution in [1.29, 1.82) is 0 Å². The van der Waals surface area contributed by atoms with Gasteiger partial charge in [0.1, 0.15) is 5.75 Å². The van der Waals surface area contributed by atoms with Gasteiger partial charge in [0.2, 0.25) is 0 Å². The molecule has 5 rings (SSSR count). The molecule has 1 saturated heterocycles. The van der Waals surface area contributed by atoms with Gasteiger partial charge >= 0.3 is 0 Å². The number of hydrogen-bond donors (Lipinski definition) is 0. The molecule has 160 valence electrons. The molecule has 4 heterocycles. The number of hydrogen-bond acceptors (Lipinski definition) is 6. The number of piperazine rings is 1. The highest BCUT2D eigenvalue weighted by atomic mass is 16.5. The lowest BCUT2D eigenvalue weighted by molar-refractivity contribution is 0.249. The fraction of sp³-hybridized carbons (Fsp3) is 0.348. The minimum Gasteiger partial charge on any atom is -0.497 e. The molecule has 0 atom stereocenters. The van der Waals surface area contributed by atoms with Crippen LogP contribution in [0.15, 0.2) is 55.2 Å². The van der Waals surface area contributed by atoms with Crippen LogP contribution in [0.5, 0.6) is 5.75 Å². The van der Waals surface area contributed by atoms with Gasteiger partial charge in [-0.05, 0) is 31.2 Å². The van der Waals surface area contributed by atoms with Gasteiger partial charge in [0.05, 0.1) is 25.2 Å². The summed E-state index contributed by atoms with van der Waals surface area (Å²) in [7, 11) is 1.68. The van der Waals surface area contributed by atoms with Crippen LogP contribution in [0.4, 0.5) is 5.82 Å². The number of anilines is 1. The Hall–Kier alpha value is -3.39. The fourth-order valence-electron chi connectivity index (χ4n) is 4.14. The van der Waals surface area contributed by atoms with E-state index in [0.29, 0.717) is 0 Å². The molecule has 1 aromatic carbocycles. The number of imidazole rings is 1. The summed E-state index contributed by atoms with van der Waals surface area (Å²) >= 11 is 0. The van der Waals surface area contributed by atoms with Gasteiger partial charge in [-0.15, -0.1) is 0 Å².